The van der Waals surface area contributed by atoms with Crippen LogP contribution in [0.1, 0.15) is 31.7 Å². The van der Waals surface area contributed by atoms with Gasteiger partial charge >= 0.3 is 0 Å². The molecule has 0 bridgehead atoms. The highest BCUT2D eigenvalue weighted by Crippen LogP contribution is 2.30. The predicted octanol–water partition coefficient (Wildman–Crippen LogP) is 6.66. The maximum Gasteiger partial charge on any atom is 0.169 e. The fraction of sp³-hybridized carbons (Fsp3) is 0.238. The predicted molar refractivity (Wildman–Crippen MR) is 92.5 cm³/mol. The van der Waals surface area contributed by atoms with Crippen LogP contribution in [0.15, 0.2) is 48.5 Å². The minimum absolute atomic E-state index is 0.296. The van der Waals surface area contributed by atoms with Gasteiger partial charge in [0.2, 0.25) is 0 Å². The number of halogens is 3. The van der Waals surface area contributed by atoms with Crippen molar-refractivity contribution in [2.45, 2.75) is 32.6 Å². The van der Waals surface area contributed by atoms with E-state index in [1.807, 2.05) is 24.3 Å². The molecule has 0 aromatic heterocycles. The number of fused-ring (bicyclic) bond motifs is 1. The van der Waals surface area contributed by atoms with Crippen molar-refractivity contribution in [3.63, 3.8) is 0 Å². The summed E-state index contributed by atoms with van der Waals surface area (Å²) in [6, 6.07) is 13.3. The van der Waals surface area contributed by atoms with Gasteiger partial charge in [-0.2, -0.15) is 0 Å². The molecule has 0 aliphatic rings. The van der Waals surface area contributed by atoms with Crippen molar-refractivity contribution in [1.82, 2.24) is 0 Å². The first-order valence-corrected chi connectivity index (χ1v) is 8.26. The molecule has 0 fully saturated rings. The first kappa shape index (κ1) is 16.6. The smallest absolute Gasteiger partial charge is 0.169 e. The number of hydrogen-bond donors (Lipinski definition) is 0. The molecule has 124 valence electrons. The Morgan fingerprint density at radius 1 is 0.750 bits per heavy atom. The van der Waals surface area contributed by atoms with Crippen molar-refractivity contribution in [1.29, 1.82) is 0 Å². The second kappa shape index (κ2) is 7.08. The van der Waals surface area contributed by atoms with E-state index in [-0.39, 0.29) is 5.39 Å². The van der Waals surface area contributed by atoms with Crippen molar-refractivity contribution in [3.05, 3.63) is 71.5 Å². The number of benzene rings is 3. The summed E-state index contributed by atoms with van der Waals surface area (Å²) in [6.07, 6.45) is 4.58. The third kappa shape index (κ3) is 3.30. The molecule has 0 unspecified atom stereocenters. The zero-order valence-electron chi connectivity index (χ0n) is 13.6. The number of rotatable bonds is 5. The van der Waals surface area contributed by atoms with Gasteiger partial charge in [-0.3, -0.25) is 0 Å². The van der Waals surface area contributed by atoms with Crippen LogP contribution in [0.2, 0.25) is 0 Å². The highest BCUT2D eigenvalue weighted by atomic mass is 19.2. The van der Waals surface area contributed by atoms with Gasteiger partial charge in [0.15, 0.2) is 11.6 Å². The van der Waals surface area contributed by atoms with Crippen LogP contribution in [-0.2, 0) is 6.42 Å². The first-order chi connectivity index (χ1) is 11.6. The second-order valence-corrected chi connectivity index (χ2v) is 6.07. The van der Waals surface area contributed by atoms with E-state index in [1.54, 1.807) is 6.07 Å². The average Bonchev–Trinajstić information content (AvgIpc) is 2.59. The molecule has 0 radical (unpaired) electrons. The van der Waals surface area contributed by atoms with Crippen LogP contribution in [0.25, 0.3) is 21.9 Å². The quantitative estimate of drug-likeness (QED) is 0.460. The molecule has 3 rings (SSSR count). The summed E-state index contributed by atoms with van der Waals surface area (Å²) < 4.78 is 41.3. The van der Waals surface area contributed by atoms with E-state index in [2.05, 4.69) is 6.92 Å². The highest BCUT2D eigenvalue weighted by molar-refractivity contribution is 5.88. The first-order valence-electron chi connectivity index (χ1n) is 8.26. The fourth-order valence-electron chi connectivity index (χ4n) is 2.96. The normalized spacial score (nSPS) is 11.2. The Bertz CT molecular complexity index is 851. The maximum atomic E-state index is 14.3. The van der Waals surface area contributed by atoms with Crippen molar-refractivity contribution < 1.29 is 13.2 Å². The van der Waals surface area contributed by atoms with Crippen LogP contribution < -0.4 is 0 Å². The van der Waals surface area contributed by atoms with Crippen molar-refractivity contribution >= 4 is 10.8 Å². The van der Waals surface area contributed by atoms with Crippen LogP contribution in [0, 0.1) is 17.5 Å². The van der Waals surface area contributed by atoms with E-state index >= 15 is 0 Å². The van der Waals surface area contributed by atoms with Gasteiger partial charge in [-0.25, -0.2) is 13.2 Å². The molecule has 3 aromatic rings. The van der Waals surface area contributed by atoms with Gasteiger partial charge in [-0.1, -0.05) is 50.1 Å². The summed E-state index contributed by atoms with van der Waals surface area (Å²) in [4.78, 5) is 0. The minimum Gasteiger partial charge on any atom is -0.206 e. The van der Waals surface area contributed by atoms with Crippen molar-refractivity contribution in [3.8, 4) is 11.1 Å². The largest absolute Gasteiger partial charge is 0.206 e. The number of hydrogen-bond acceptors (Lipinski definition) is 0. The van der Waals surface area contributed by atoms with Gasteiger partial charge in [0.1, 0.15) is 5.82 Å². The summed E-state index contributed by atoms with van der Waals surface area (Å²) in [6.45, 7) is 2.17. The van der Waals surface area contributed by atoms with Crippen LogP contribution in [-0.4, -0.2) is 0 Å². The molecule has 0 atom stereocenters. The van der Waals surface area contributed by atoms with Crippen LogP contribution in [0.4, 0.5) is 13.2 Å². The molecule has 0 amide bonds. The summed E-state index contributed by atoms with van der Waals surface area (Å²) in [5.74, 6) is -2.92. The van der Waals surface area contributed by atoms with Gasteiger partial charge in [-0.05, 0) is 53.1 Å². The Balaban J connectivity index is 1.93. The van der Waals surface area contributed by atoms with Gasteiger partial charge in [-0.15, -0.1) is 0 Å². The fourth-order valence-corrected chi connectivity index (χ4v) is 2.96. The standard InChI is InChI=1S/C21H19F3/c1-2-3-4-5-14-6-8-15(9-7-14)17-12-16-10-11-18(22)21(24)20(16)19(23)13-17/h6-13H,2-5H2,1H3. The molecule has 24 heavy (non-hydrogen) atoms. The Labute approximate surface area is 139 Å². The third-order valence-corrected chi connectivity index (χ3v) is 4.32. The molecule has 0 saturated carbocycles. The lowest BCUT2D eigenvalue weighted by atomic mass is 9.98. The van der Waals surface area contributed by atoms with Gasteiger partial charge in [0.25, 0.3) is 0 Å². The van der Waals surface area contributed by atoms with Crippen molar-refractivity contribution in [2.24, 2.45) is 0 Å². The summed E-state index contributed by atoms with van der Waals surface area (Å²) in [7, 11) is 0. The molecule has 0 nitrogen and oxygen atoms in total. The Morgan fingerprint density at radius 3 is 2.21 bits per heavy atom. The second-order valence-electron chi connectivity index (χ2n) is 6.07. The van der Waals surface area contributed by atoms with E-state index in [1.165, 1.54) is 30.5 Å². The van der Waals surface area contributed by atoms with Gasteiger partial charge in [0.05, 0.1) is 5.39 Å². The zero-order chi connectivity index (χ0) is 17.1. The molecule has 0 heterocycles. The number of unbranched alkanes of at least 4 members (excludes halogenated alkanes) is 2. The zero-order valence-corrected chi connectivity index (χ0v) is 13.6. The van der Waals surface area contributed by atoms with E-state index in [0.29, 0.717) is 10.9 Å². The summed E-state index contributed by atoms with van der Waals surface area (Å²) >= 11 is 0. The van der Waals surface area contributed by atoms with Crippen LogP contribution in [0.3, 0.4) is 0 Å². The molecule has 3 aromatic carbocycles. The van der Waals surface area contributed by atoms with E-state index in [0.717, 1.165) is 24.5 Å². The van der Waals surface area contributed by atoms with Gasteiger partial charge < -0.3 is 0 Å². The molecule has 0 spiro atoms. The highest BCUT2D eigenvalue weighted by Gasteiger charge is 2.13. The minimum atomic E-state index is -1.14. The summed E-state index contributed by atoms with van der Waals surface area (Å²) in [5.41, 5.74) is 2.77. The topological polar surface area (TPSA) is 0 Å². The molecule has 0 N–H and O–H groups in total. The SMILES string of the molecule is CCCCCc1ccc(-c2cc(F)c3c(F)c(F)ccc3c2)cc1. The average molecular weight is 328 g/mol. The Morgan fingerprint density at radius 2 is 1.50 bits per heavy atom. The van der Waals surface area contributed by atoms with Crippen LogP contribution in [0.5, 0.6) is 0 Å². The number of aryl methyl sites for hydroxylation is 1. The van der Waals surface area contributed by atoms with Crippen LogP contribution >= 0.6 is 0 Å². The molecular formula is C21H19F3. The Kier molecular flexibility index (Phi) is 4.89. The lowest BCUT2D eigenvalue weighted by molar-refractivity contribution is 0.512. The molecule has 0 aliphatic heterocycles. The lowest BCUT2D eigenvalue weighted by Crippen LogP contribution is -1.92. The maximum absolute atomic E-state index is 14.3. The molecule has 0 saturated heterocycles. The molecule has 0 aliphatic carbocycles. The van der Waals surface area contributed by atoms with E-state index < -0.39 is 17.5 Å². The molecular weight excluding hydrogens is 309 g/mol. The van der Waals surface area contributed by atoms with E-state index in [9.17, 15) is 13.2 Å². The van der Waals surface area contributed by atoms with E-state index in [4.69, 9.17) is 0 Å². The third-order valence-electron chi connectivity index (χ3n) is 4.32. The molecule has 3 heteroatoms. The summed E-state index contributed by atoms with van der Waals surface area (Å²) in [5, 5.41) is 0.0610. The Hall–Kier alpha value is -2.29. The monoisotopic (exact) mass is 328 g/mol. The van der Waals surface area contributed by atoms with Gasteiger partial charge in [0, 0.05) is 0 Å². The van der Waals surface area contributed by atoms with Crippen molar-refractivity contribution in [2.75, 3.05) is 0 Å². The lowest BCUT2D eigenvalue weighted by Gasteiger charge is -2.08.